The minimum atomic E-state index is -2.66. The van der Waals surface area contributed by atoms with Crippen LogP contribution in [0.15, 0.2) is 42.5 Å². The fourth-order valence-electron chi connectivity index (χ4n) is 3.50. The Bertz CT molecular complexity index is 969. The first-order valence-corrected chi connectivity index (χ1v) is 8.42. The lowest BCUT2D eigenvalue weighted by Gasteiger charge is -2.25. The fourth-order valence-corrected chi connectivity index (χ4v) is 3.50. The quantitative estimate of drug-likeness (QED) is 0.717. The number of carbonyl (C=O) groups is 1. The van der Waals surface area contributed by atoms with Gasteiger partial charge in [0.25, 0.3) is 6.43 Å². The van der Waals surface area contributed by atoms with Gasteiger partial charge in [0.15, 0.2) is 5.82 Å². The molecular formula is C19H18F2N4O. The molecule has 1 atom stereocenters. The van der Waals surface area contributed by atoms with E-state index < -0.39 is 6.43 Å². The normalized spacial score (nSPS) is 16.1. The number of imidazole rings is 1. The number of aromatic nitrogens is 2. The van der Waals surface area contributed by atoms with Gasteiger partial charge in [0.1, 0.15) is 0 Å². The van der Waals surface area contributed by atoms with Gasteiger partial charge in [-0.05, 0) is 42.2 Å². The highest BCUT2D eigenvalue weighted by Gasteiger charge is 2.28. The molecule has 2 amide bonds. The van der Waals surface area contributed by atoms with Gasteiger partial charge in [0.2, 0.25) is 0 Å². The van der Waals surface area contributed by atoms with Crippen molar-refractivity contribution in [2.24, 2.45) is 0 Å². The zero-order chi connectivity index (χ0) is 18.3. The summed E-state index contributed by atoms with van der Waals surface area (Å²) >= 11 is 0. The molecule has 0 saturated heterocycles. The molecule has 1 aliphatic rings. The highest BCUT2D eigenvalue weighted by molar-refractivity contribution is 5.92. The summed E-state index contributed by atoms with van der Waals surface area (Å²) < 4.78 is 25.5. The van der Waals surface area contributed by atoms with Crippen LogP contribution in [0.3, 0.4) is 0 Å². The summed E-state index contributed by atoms with van der Waals surface area (Å²) in [5, 5.41) is 2.83. The number of amides is 2. The summed E-state index contributed by atoms with van der Waals surface area (Å²) in [7, 11) is 1.77. The first kappa shape index (κ1) is 16.5. The molecule has 2 N–H and O–H groups in total. The van der Waals surface area contributed by atoms with Crippen LogP contribution in [0.4, 0.5) is 19.3 Å². The lowest BCUT2D eigenvalue weighted by Crippen LogP contribution is -2.34. The van der Waals surface area contributed by atoms with E-state index in [0.717, 1.165) is 12.8 Å². The summed E-state index contributed by atoms with van der Waals surface area (Å²) in [6, 6.07) is 12.8. The van der Waals surface area contributed by atoms with Gasteiger partial charge in [-0.2, -0.15) is 0 Å². The van der Waals surface area contributed by atoms with Gasteiger partial charge in [-0.15, -0.1) is 0 Å². The molecule has 0 saturated carbocycles. The molecule has 134 valence electrons. The molecule has 1 unspecified atom stereocenters. The van der Waals surface area contributed by atoms with E-state index in [1.54, 1.807) is 30.1 Å². The van der Waals surface area contributed by atoms with Crippen molar-refractivity contribution in [3.8, 4) is 0 Å². The number of rotatable bonds is 3. The fraction of sp³-hybridized carbons (Fsp3) is 0.263. The zero-order valence-corrected chi connectivity index (χ0v) is 14.2. The minimum absolute atomic E-state index is 0.0347. The average molecular weight is 356 g/mol. The number of alkyl halides is 2. The molecule has 0 fully saturated rings. The Morgan fingerprint density at radius 1 is 1.31 bits per heavy atom. The molecule has 0 aliphatic heterocycles. The predicted octanol–water partition coefficient (Wildman–Crippen LogP) is 4.65. The van der Waals surface area contributed by atoms with Crippen LogP contribution in [0, 0.1) is 0 Å². The van der Waals surface area contributed by atoms with Crippen molar-refractivity contribution in [3.63, 3.8) is 0 Å². The standard InChI is InChI=1S/C19H18F2N4O/c1-25(16-9-6-11-4-2-3-5-13(11)16)19(26)22-12-7-8-14-15(10-12)24-18(23-14)17(20)21/h2-5,7-8,10,16-17H,6,9H2,1H3,(H,22,26)(H,23,24). The number of aryl methyl sites for hydroxylation is 1. The number of anilines is 1. The summed E-state index contributed by atoms with van der Waals surface area (Å²) in [5.41, 5.74) is 3.89. The maximum atomic E-state index is 12.7. The van der Waals surface area contributed by atoms with Crippen LogP contribution >= 0.6 is 0 Å². The number of aromatic amines is 1. The van der Waals surface area contributed by atoms with Gasteiger partial charge in [0.05, 0.1) is 17.1 Å². The topological polar surface area (TPSA) is 61.0 Å². The molecule has 1 heterocycles. The molecule has 5 nitrogen and oxygen atoms in total. The van der Waals surface area contributed by atoms with E-state index in [1.165, 1.54) is 11.1 Å². The SMILES string of the molecule is CN(C(=O)Nc1ccc2nc(C(F)F)[nH]c2c1)C1CCc2ccccc21. The Labute approximate surface area is 149 Å². The molecule has 1 aliphatic carbocycles. The maximum Gasteiger partial charge on any atom is 0.322 e. The molecule has 0 radical (unpaired) electrons. The average Bonchev–Trinajstić information content (AvgIpc) is 3.24. The third kappa shape index (κ3) is 2.89. The van der Waals surface area contributed by atoms with Crippen molar-refractivity contribution in [3.05, 3.63) is 59.4 Å². The number of hydrogen-bond acceptors (Lipinski definition) is 2. The molecule has 0 bridgehead atoms. The van der Waals surface area contributed by atoms with Crippen molar-refractivity contribution in [2.75, 3.05) is 12.4 Å². The van der Waals surface area contributed by atoms with E-state index in [1.807, 2.05) is 12.1 Å². The Morgan fingerprint density at radius 2 is 2.12 bits per heavy atom. The molecule has 2 aromatic carbocycles. The lowest BCUT2D eigenvalue weighted by molar-refractivity contribution is 0.142. The number of hydrogen-bond donors (Lipinski definition) is 2. The van der Waals surface area contributed by atoms with Crippen molar-refractivity contribution < 1.29 is 13.6 Å². The van der Waals surface area contributed by atoms with Crippen LogP contribution in [0.25, 0.3) is 11.0 Å². The number of nitrogens with zero attached hydrogens (tertiary/aromatic N) is 2. The first-order chi connectivity index (χ1) is 12.5. The Balaban J connectivity index is 1.52. The van der Waals surface area contributed by atoms with Gasteiger partial charge in [-0.1, -0.05) is 24.3 Å². The minimum Gasteiger partial charge on any atom is -0.337 e. The van der Waals surface area contributed by atoms with Gasteiger partial charge in [-0.3, -0.25) is 0 Å². The summed E-state index contributed by atoms with van der Waals surface area (Å²) in [6.07, 6.45) is -0.815. The number of nitrogens with one attached hydrogen (secondary N) is 2. The van der Waals surface area contributed by atoms with Crippen LogP contribution < -0.4 is 5.32 Å². The van der Waals surface area contributed by atoms with Gasteiger partial charge < -0.3 is 15.2 Å². The van der Waals surface area contributed by atoms with Gasteiger partial charge in [0, 0.05) is 12.7 Å². The Hall–Kier alpha value is -2.96. The van der Waals surface area contributed by atoms with Crippen LogP contribution in [-0.2, 0) is 6.42 Å². The summed E-state index contributed by atoms with van der Waals surface area (Å²) in [4.78, 5) is 20.7. The van der Waals surface area contributed by atoms with Crippen molar-refractivity contribution in [2.45, 2.75) is 25.3 Å². The first-order valence-electron chi connectivity index (χ1n) is 8.42. The van der Waals surface area contributed by atoms with Gasteiger partial charge in [-0.25, -0.2) is 18.6 Å². The van der Waals surface area contributed by atoms with E-state index in [-0.39, 0.29) is 17.9 Å². The molecule has 4 rings (SSSR count). The lowest BCUT2D eigenvalue weighted by atomic mass is 10.1. The van der Waals surface area contributed by atoms with Crippen LogP contribution in [0.1, 0.15) is 35.8 Å². The number of urea groups is 1. The highest BCUT2D eigenvalue weighted by atomic mass is 19.3. The highest BCUT2D eigenvalue weighted by Crippen LogP contribution is 2.35. The van der Waals surface area contributed by atoms with E-state index in [4.69, 9.17) is 0 Å². The van der Waals surface area contributed by atoms with Crippen molar-refractivity contribution in [1.82, 2.24) is 14.9 Å². The number of halogens is 2. The second-order valence-corrected chi connectivity index (χ2v) is 6.45. The largest absolute Gasteiger partial charge is 0.337 e. The second-order valence-electron chi connectivity index (χ2n) is 6.45. The summed E-state index contributed by atoms with van der Waals surface area (Å²) in [6.45, 7) is 0. The molecule has 7 heteroatoms. The molecule has 0 spiro atoms. The second kappa shape index (κ2) is 6.40. The molecular weight excluding hydrogens is 338 g/mol. The maximum absolute atomic E-state index is 12.7. The number of benzene rings is 2. The van der Waals surface area contributed by atoms with Crippen LogP contribution in [0.5, 0.6) is 0 Å². The van der Waals surface area contributed by atoms with E-state index in [0.29, 0.717) is 16.7 Å². The van der Waals surface area contributed by atoms with E-state index >= 15 is 0 Å². The third-order valence-electron chi connectivity index (χ3n) is 4.85. The van der Waals surface area contributed by atoms with Crippen molar-refractivity contribution in [1.29, 1.82) is 0 Å². The van der Waals surface area contributed by atoms with Crippen LogP contribution in [-0.4, -0.2) is 27.9 Å². The third-order valence-corrected chi connectivity index (χ3v) is 4.85. The zero-order valence-electron chi connectivity index (χ0n) is 14.2. The molecule has 26 heavy (non-hydrogen) atoms. The predicted molar refractivity (Wildman–Crippen MR) is 95.3 cm³/mol. The van der Waals surface area contributed by atoms with E-state index in [9.17, 15) is 13.6 Å². The Morgan fingerprint density at radius 3 is 2.92 bits per heavy atom. The molecule has 3 aromatic rings. The number of fused-ring (bicyclic) bond motifs is 2. The van der Waals surface area contributed by atoms with Gasteiger partial charge >= 0.3 is 6.03 Å². The Kier molecular flexibility index (Phi) is 4.06. The summed E-state index contributed by atoms with van der Waals surface area (Å²) in [5.74, 6) is -0.372. The van der Waals surface area contributed by atoms with Crippen molar-refractivity contribution >= 4 is 22.8 Å². The smallest absolute Gasteiger partial charge is 0.322 e. The monoisotopic (exact) mass is 356 g/mol. The number of H-pyrrole nitrogens is 1. The van der Waals surface area contributed by atoms with Crippen LogP contribution in [0.2, 0.25) is 0 Å². The molecule has 1 aromatic heterocycles. The number of carbonyl (C=O) groups excluding carboxylic acids is 1. The van der Waals surface area contributed by atoms with E-state index in [2.05, 4.69) is 27.4 Å².